The van der Waals surface area contributed by atoms with E-state index in [4.69, 9.17) is 0 Å². The summed E-state index contributed by atoms with van der Waals surface area (Å²) in [5, 5.41) is 9.75. The molecule has 17 heavy (non-hydrogen) atoms. The van der Waals surface area contributed by atoms with Crippen LogP contribution >= 0.6 is 0 Å². The van der Waals surface area contributed by atoms with Crippen molar-refractivity contribution in [2.75, 3.05) is 19.3 Å². The molecule has 0 heterocycles. The highest BCUT2D eigenvalue weighted by atomic mass is 32.2. The maximum Gasteiger partial charge on any atom is 0.214 e. The van der Waals surface area contributed by atoms with E-state index in [1.807, 2.05) is 6.92 Å². The van der Waals surface area contributed by atoms with Crippen molar-refractivity contribution in [2.45, 2.75) is 45.6 Å². The minimum Gasteiger partial charge on any atom is -0.391 e. The molecule has 0 spiro atoms. The van der Waals surface area contributed by atoms with Crippen LogP contribution in [0, 0.1) is 11.8 Å². The molecule has 102 valence electrons. The van der Waals surface area contributed by atoms with Crippen molar-refractivity contribution in [2.24, 2.45) is 11.8 Å². The van der Waals surface area contributed by atoms with Gasteiger partial charge in [-0.2, -0.15) is 0 Å². The largest absolute Gasteiger partial charge is 0.391 e. The number of rotatable bonds is 8. The van der Waals surface area contributed by atoms with Crippen LogP contribution in [0.4, 0.5) is 0 Å². The van der Waals surface area contributed by atoms with E-state index in [-0.39, 0.29) is 18.2 Å². The van der Waals surface area contributed by atoms with Gasteiger partial charge in [0.2, 0.25) is 10.0 Å². The van der Waals surface area contributed by atoms with Gasteiger partial charge in [0, 0.05) is 13.6 Å². The van der Waals surface area contributed by atoms with E-state index < -0.39 is 16.1 Å². The standard InChI is InChI=1S/C12H25NO3S/c1-4-5-10(2)9-17(15,16)13(3)8-12(14)11-6-7-11/h10-12,14H,4-9H2,1-3H3. The maximum absolute atomic E-state index is 12.0. The fraction of sp³-hybridized carbons (Fsp3) is 1.00. The maximum atomic E-state index is 12.0. The van der Waals surface area contributed by atoms with Crippen molar-refractivity contribution in [3.8, 4) is 0 Å². The molecule has 0 bridgehead atoms. The predicted octanol–water partition coefficient (Wildman–Crippen LogP) is 1.46. The third-order valence-corrected chi connectivity index (χ3v) is 5.45. The Morgan fingerprint density at radius 2 is 2.00 bits per heavy atom. The summed E-state index contributed by atoms with van der Waals surface area (Å²) in [6, 6.07) is 0. The lowest BCUT2D eigenvalue weighted by Gasteiger charge is -2.22. The lowest BCUT2D eigenvalue weighted by atomic mass is 10.1. The molecule has 0 aromatic heterocycles. The smallest absolute Gasteiger partial charge is 0.214 e. The molecule has 0 radical (unpaired) electrons. The van der Waals surface area contributed by atoms with Crippen LogP contribution in [0.1, 0.15) is 39.5 Å². The summed E-state index contributed by atoms with van der Waals surface area (Å²) in [6.07, 6.45) is 3.50. The van der Waals surface area contributed by atoms with Crippen LogP contribution in [-0.4, -0.2) is 43.3 Å². The Hall–Kier alpha value is -0.130. The van der Waals surface area contributed by atoms with E-state index in [9.17, 15) is 13.5 Å². The second-order valence-electron chi connectivity index (χ2n) is 5.36. The highest BCUT2D eigenvalue weighted by Gasteiger charge is 2.32. The third kappa shape index (κ3) is 4.94. The molecule has 1 N–H and O–H groups in total. The summed E-state index contributed by atoms with van der Waals surface area (Å²) in [5.74, 6) is 0.695. The zero-order valence-corrected chi connectivity index (χ0v) is 11.9. The molecule has 2 atom stereocenters. The quantitative estimate of drug-likeness (QED) is 0.721. The van der Waals surface area contributed by atoms with Crippen LogP contribution in [0.5, 0.6) is 0 Å². The molecule has 0 aliphatic heterocycles. The molecule has 1 saturated carbocycles. The first kappa shape index (κ1) is 14.9. The summed E-state index contributed by atoms with van der Waals surface area (Å²) in [6.45, 7) is 4.27. The molecule has 4 nitrogen and oxygen atoms in total. The highest BCUT2D eigenvalue weighted by molar-refractivity contribution is 7.89. The second-order valence-corrected chi connectivity index (χ2v) is 7.48. The van der Waals surface area contributed by atoms with Crippen LogP contribution in [0.15, 0.2) is 0 Å². The molecule has 1 aliphatic carbocycles. The molecule has 0 aromatic rings. The predicted molar refractivity (Wildman–Crippen MR) is 69.2 cm³/mol. The Morgan fingerprint density at radius 1 is 1.41 bits per heavy atom. The summed E-state index contributed by atoms with van der Waals surface area (Å²) in [4.78, 5) is 0. The highest BCUT2D eigenvalue weighted by Crippen LogP contribution is 2.33. The van der Waals surface area contributed by atoms with Gasteiger partial charge in [0.05, 0.1) is 11.9 Å². The first-order valence-electron chi connectivity index (χ1n) is 6.49. The summed E-state index contributed by atoms with van der Waals surface area (Å²) >= 11 is 0. The fourth-order valence-electron chi connectivity index (χ4n) is 2.07. The normalized spacial score (nSPS) is 20.5. The van der Waals surface area contributed by atoms with Gasteiger partial charge in [-0.3, -0.25) is 0 Å². The Morgan fingerprint density at radius 3 is 2.47 bits per heavy atom. The van der Waals surface area contributed by atoms with Gasteiger partial charge in [-0.25, -0.2) is 12.7 Å². The number of hydrogen-bond donors (Lipinski definition) is 1. The van der Waals surface area contributed by atoms with E-state index in [0.717, 1.165) is 25.7 Å². The number of likely N-dealkylation sites (N-methyl/N-ethyl adjacent to an activating group) is 1. The second kappa shape index (κ2) is 6.16. The van der Waals surface area contributed by atoms with Crippen molar-refractivity contribution in [3.05, 3.63) is 0 Å². The minimum atomic E-state index is -3.21. The first-order valence-corrected chi connectivity index (χ1v) is 8.09. The number of sulfonamides is 1. The minimum absolute atomic E-state index is 0.186. The Balaban J connectivity index is 2.44. The van der Waals surface area contributed by atoms with Crippen molar-refractivity contribution in [1.29, 1.82) is 0 Å². The molecule has 0 saturated heterocycles. The van der Waals surface area contributed by atoms with Gasteiger partial charge in [0.15, 0.2) is 0 Å². The number of hydrogen-bond acceptors (Lipinski definition) is 3. The zero-order valence-electron chi connectivity index (χ0n) is 11.1. The Bertz CT molecular complexity index is 325. The lowest BCUT2D eigenvalue weighted by molar-refractivity contribution is 0.131. The van der Waals surface area contributed by atoms with Crippen molar-refractivity contribution in [3.63, 3.8) is 0 Å². The Kier molecular flexibility index (Phi) is 5.41. The average Bonchev–Trinajstić information content (AvgIpc) is 2.99. The van der Waals surface area contributed by atoms with Gasteiger partial charge in [0.1, 0.15) is 0 Å². The number of aliphatic hydroxyl groups is 1. The van der Waals surface area contributed by atoms with Crippen molar-refractivity contribution < 1.29 is 13.5 Å². The van der Waals surface area contributed by atoms with Gasteiger partial charge in [0.25, 0.3) is 0 Å². The first-order chi connectivity index (χ1) is 7.86. The molecule has 0 aromatic carbocycles. The number of nitrogens with zero attached hydrogens (tertiary/aromatic N) is 1. The fourth-order valence-corrected chi connectivity index (χ4v) is 3.59. The third-order valence-electron chi connectivity index (χ3n) is 3.36. The van der Waals surface area contributed by atoms with Crippen LogP contribution in [0.3, 0.4) is 0 Å². The molecular formula is C12H25NO3S. The monoisotopic (exact) mass is 263 g/mol. The molecule has 1 aliphatic rings. The Labute approximate surface area is 105 Å². The van der Waals surface area contributed by atoms with E-state index in [2.05, 4.69) is 6.92 Å². The van der Waals surface area contributed by atoms with Gasteiger partial charge in [-0.05, 0) is 31.1 Å². The van der Waals surface area contributed by atoms with Crippen LogP contribution < -0.4 is 0 Å². The van der Waals surface area contributed by atoms with Crippen molar-refractivity contribution in [1.82, 2.24) is 4.31 Å². The molecule has 2 unspecified atom stereocenters. The number of aliphatic hydroxyl groups excluding tert-OH is 1. The summed E-state index contributed by atoms with van der Waals surface area (Å²) in [5.41, 5.74) is 0. The summed E-state index contributed by atoms with van der Waals surface area (Å²) < 4.78 is 25.3. The van der Waals surface area contributed by atoms with Gasteiger partial charge < -0.3 is 5.11 Å². The molecule has 0 amide bonds. The zero-order chi connectivity index (χ0) is 13.1. The van der Waals surface area contributed by atoms with Crippen LogP contribution in [-0.2, 0) is 10.0 Å². The van der Waals surface area contributed by atoms with Crippen molar-refractivity contribution >= 4 is 10.0 Å². The van der Waals surface area contributed by atoms with Gasteiger partial charge in [-0.1, -0.05) is 20.3 Å². The average molecular weight is 263 g/mol. The topological polar surface area (TPSA) is 57.6 Å². The molecule has 5 heteroatoms. The van der Waals surface area contributed by atoms with Gasteiger partial charge in [-0.15, -0.1) is 0 Å². The molecule has 1 fully saturated rings. The summed E-state index contributed by atoms with van der Waals surface area (Å²) in [7, 11) is -1.64. The van der Waals surface area contributed by atoms with E-state index >= 15 is 0 Å². The van der Waals surface area contributed by atoms with E-state index in [0.29, 0.717) is 5.92 Å². The molecular weight excluding hydrogens is 238 g/mol. The van der Waals surface area contributed by atoms with E-state index in [1.165, 1.54) is 4.31 Å². The van der Waals surface area contributed by atoms with Gasteiger partial charge >= 0.3 is 0 Å². The van der Waals surface area contributed by atoms with E-state index in [1.54, 1.807) is 7.05 Å². The SMILES string of the molecule is CCCC(C)CS(=O)(=O)N(C)CC(O)C1CC1. The lowest BCUT2D eigenvalue weighted by Crippen LogP contribution is -2.37. The molecule has 1 rings (SSSR count). The van der Waals surface area contributed by atoms with Crippen LogP contribution in [0.25, 0.3) is 0 Å². The van der Waals surface area contributed by atoms with Crippen LogP contribution in [0.2, 0.25) is 0 Å².